The van der Waals surface area contributed by atoms with Gasteiger partial charge in [-0.15, -0.1) is 0 Å². The number of fused-ring (bicyclic) bond motifs is 2. The third kappa shape index (κ3) is 2.32. The largest absolute Gasteiger partial charge is 0.338 e. The molecule has 0 N–H and O–H groups in total. The third-order valence-corrected chi connectivity index (χ3v) is 5.61. The van der Waals surface area contributed by atoms with E-state index in [2.05, 4.69) is 91.3 Å². The highest BCUT2D eigenvalue weighted by atomic mass is 32.2. The van der Waals surface area contributed by atoms with Gasteiger partial charge in [0.15, 0.2) is 6.20 Å². The average molecular weight is 319 g/mol. The summed E-state index contributed by atoms with van der Waals surface area (Å²) in [5, 5.41) is 2.60. The van der Waals surface area contributed by atoms with Crippen molar-refractivity contribution in [2.45, 2.75) is 11.8 Å². The van der Waals surface area contributed by atoms with Crippen LogP contribution in [0.5, 0.6) is 0 Å². The molecule has 1 aromatic heterocycles. The van der Waals surface area contributed by atoms with Gasteiger partial charge in [-0.05, 0) is 36.3 Å². The van der Waals surface area contributed by atoms with E-state index in [9.17, 15) is 0 Å². The van der Waals surface area contributed by atoms with Crippen LogP contribution >= 0.6 is 11.8 Å². The van der Waals surface area contributed by atoms with Crippen molar-refractivity contribution in [3.63, 3.8) is 0 Å². The molecule has 0 unspecified atom stereocenters. The Kier molecular flexibility index (Phi) is 3.38. The Morgan fingerprint density at radius 1 is 1.04 bits per heavy atom. The summed E-state index contributed by atoms with van der Waals surface area (Å²) in [4.78, 5) is 3.60. The van der Waals surface area contributed by atoms with Gasteiger partial charge in [-0.1, -0.05) is 36.0 Å². The second-order valence-electron chi connectivity index (χ2n) is 5.96. The lowest BCUT2D eigenvalue weighted by molar-refractivity contribution is -0.644. The predicted molar refractivity (Wildman–Crippen MR) is 98.5 cm³/mol. The fraction of sp³-hybridized carbons (Fsp3) is 0.150. The smallest absolute Gasteiger partial charge is 0.213 e. The molecule has 0 amide bonds. The predicted octanol–water partition coefficient (Wildman–Crippen LogP) is 4.51. The number of thioether (sulfide) groups is 1. The molecule has 2 aromatic carbocycles. The fourth-order valence-corrected chi connectivity index (χ4v) is 4.28. The Morgan fingerprint density at radius 3 is 2.70 bits per heavy atom. The van der Waals surface area contributed by atoms with Gasteiger partial charge in [0.1, 0.15) is 7.05 Å². The molecule has 0 radical (unpaired) electrons. The molecule has 1 aliphatic heterocycles. The van der Waals surface area contributed by atoms with Crippen LogP contribution in [0.2, 0.25) is 0 Å². The topological polar surface area (TPSA) is 7.12 Å². The maximum absolute atomic E-state index is 2.31. The number of para-hydroxylation sites is 1. The van der Waals surface area contributed by atoms with Crippen molar-refractivity contribution < 1.29 is 4.57 Å². The second-order valence-corrected chi connectivity index (χ2v) is 7.02. The van der Waals surface area contributed by atoms with Crippen LogP contribution in [0.3, 0.4) is 0 Å². The number of hydrogen-bond donors (Lipinski definition) is 0. The van der Waals surface area contributed by atoms with Gasteiger partial charge in [0.2, 0.25) is 5.52 Å². The van der Waals surface area contributed by atoms with Crippen molar-refractivity contribution in [1.82, 2.24) is 0 Å². The molecule has 0 fully saturated rings. The molecule has 2 heterocycles. The van der Waals surface area contributed by atoms with Crippen molar-refractivity contribution in [2.75, 3.05) is 11.9 Å². The lowest BCUT2D eigenvalue weighted by Gasteiger charge is -2.14. The molecule has 0 saturated heterocycles. The van der Waals surface area contributed by atoms with Crippen LogP contribution in [0.4, 0.5) is 5.69 Å². The fourth-order valence-electron chi connectivity index (χ4n) is 3.18. The van der Waals surface area contributed by atoms with E-state index in [0.717, 1.165) is 0 Å². The van der Waals surface area contributed by atoms with E-state index in [0.29, 0.717) is 0 Å². The van der Waals surface area contributed by atoms with Gasteiger partial charge in [-0.25, -0.2) is 4.57 Å². The first kappa shape index (κ1) is 14.3. The van der Waals surface area contributed by atoms with E-state index < -0.39 is 0 Å². The van der Waals surface area contributed by atoms with Crippen LogP contribution in [0, 0.1) is 6.92 Å². The number of rotatable bonds is 1. The zero-order valence-electron chi connectivity index (χ0n) is 13.6. The SMILES string of the molecule is Cc1cccc2c1c(/C=C1\Sc3ccccc3N1C)cc[n+]2C. The van der Waals surface area contributed by atoms with Gasteiger partial charge in [-0.3, -0.25) is 0 Å². The second kappa shape index (κ2) is 5.43. The molecule has 0 aliphatic carbocycles. The van der Waals surface area contributed by atoms with Gasteiger partial charge < -0.3 is 4.90 Å². The molecule has 3 aromatic rings. The van der Waals surface area contributed by atoms with Gasteiger partial charge in [0.25, 0.3) is 0 Å². The van der Waals surface area contributed by atoms with E-state index in [1.54, 1.807) is 0 Å². The minimum Gasteiger partial charge on any atom is -0.338 e. The molecular weight excluding hydrogens is 300 g/mol. The van der Waals surface area contributed by atoms with E-state index in [1.165, 1.54) is 37.6 Å². The van der Waals surface area contributed by atoms with Crippen molar-refractivity contribution in [3.05, 3.63) is 70.9 Å². The van der Waals surface area contributed by atoms with E-state index in [-0.39, 0.29) is 0 Å². The van der Waals surface area contributed by atoms with E-state index in [1.807, 2.05) is 11.8 Å². The van der Waals surface area contributed by atoms with Gasteiger partial charge >= 0.3 is 0 Å². The molecule has 0 atom stereocenters. The number of aromatic nitrogens is 1. The van der Waals surface area contributed by atoms with Crippen LogP contribution in [-0.4, -0.2) is 7.05 Å². The zero-order chi connectivity index (χ0) is 16.0. The summed E-state index contributed by atoms with van der Waals surface area (Å²) < 4.78 is 2.19. The molecule has 0 saturated carbocycles. The standard InChI is InChI=1S/C20H19N2S/c1-14-7-6-9-17-20(14)15(11-12-21(17)2)13-19-22(3)16-8-4-5-10-18(16)23-19/h4-13H,1-3H3/q+1. The zero-order valence-corrected chi connectivity index (χ0v) is 14.4. The van der Waals surface area contributed by atoms with Crippen LogP contribution in [0.15, 0.2) is 64.7 Å². The highest BCUT2D eigenvalue weighted by Crippen LogP contribution is 2.45. The summed E-state index contributed by atoms with van der Waals surface area (Å²) in [6.07, 6.45) is 4.45. The minimum atomic E-state index is 1.27. The molecular formula is C20H19N2S+. The van der Waals surface area contributed by atoms with Gasteiger partial charge in [0, 0.05) is 24.1 Å². The summed E-state index contributed by atoms with van der Waals surface area (Å²) in [6, 6.07) is 17.3. The lowest BCUT2D eigenvalue weighted by atomic mass is 10.0. The molecule has 0 spiro atoms. The first-order valence-electron chi connectivity index (χ1n) is 7.75. The van der Waals surface area contributed by atoms with Gasteiger partial charge in [0.05, 0.1) is 16.1 Å². The van der Waals surface area contributed by atoms with Crippen molar-refractivity contribution in [2.24, 2.45) is 7.05 Å². The summed E-state index contributed by atoms with van der Waals surface area (Å²) in [7, 11) is 4.24. The minimum absolute atomic E-state index is 1.27. The Bertz CT molecular complexity index is 944. The molecule has 2 nitrogen and oxygen atoms in total. The Balaban J connectivity index is 1.88. The molecule has 114 valence electrons. The average Bonchev–Trinajstić information content (AvgIpc) is 2.87. The van der Waals surface area contributed by atoms with Gasteiger partial charge in [-0.2, -0.15) is 0 Å². The maximum atomic E-state index is 2.31. The molecule has 4 rings (SSSR count). The van der Waals surface area contributed by atoms with E-state index in [4.69, 9.17) is 0 Å². The first-order chi connectivity index (χ1) is 11.1. The van der Waals surface area contributed by atoms with E-state index >= 15 is 0 Å². The third-order valence-electron chi connectivity index (χ3n) is 4.45. The molecule has 1 aliphatic rings. The van der Waals surface area contributed by atoms with Crippen molar-refractivity contribution in [3.8, 4) is 0 Å². The Morgan fingerprint density at radius 2 is 1.87 bits per heavy atom. The summed E-state index contributed by atoms with van der Waals surface area (Å²) in [5.74, 6) is 0. The number of nitrogens with zero attached hydrogens (tertiary/aromatic N) is 2. The van der Waals surface area contributed by atoms with Crippen LogP contribution in [-0.2, 0) is 7.05 Å². The molecule has 3 heteroatoms. The number of hydrogen-bond acceptors (Lipinski definition) is 2. The highest BCUT2D eigenvalue weighted by molar-refractivity contribution is 8.03. The lowest BCUT2D eigenvalue weighted by Crippen LogP contribution is -2.28. The highest BCUT2D eigenvalue weighted by Gasteiger charge is 2.22. The maximum Gasteiger partial charge on any atom is 0.213 e. The number of pyridine rings is 1. The number of aryl methyl sites for hydroxylation is 2. The number of benzene rings is 2. The van der Waals surface area contributed by atoms with Crippen LogP contribution in [0.25, 0.3) is 17.0 Å². The summed E-state index contributed by atoms with van der Waals surface area (Å²) in [5.41, 5.74) is 5.14. The van der Waals surface area contributed by atoms with Crippen molar-refractivity contribution in [1.29, 1.82) is 0 Å². The molecule has 23 heavy (non-hydrogen) atoms. The Hall–Kier alpha value is -2.26. The van der Waals surface area contributed by atoms with Crippen molar-refractivity contribution >= 4 is 34.4 Å². The molecule has 0 bridgehead atoms. The monoisotopic (exact) mass is 319 g/mol. The normalized spacial score (nSPS) is 15.4. The number of anilines is 1. The summed E-state index contributed by atoms with van der Waals surface area (Å²) >= 11 is 1.84. The summed E-state index contributed by atoms with van der Waals surface area (Å²) in [6.45, 7) is 2.19. The Labute approximate surface area is 141 Å². The first-order valence-corrected chi connectivity index (χ1v) is 8.57. The quantitative estimate of drug-likeness (QED) is 0.609. The van der Waals surface area contributed by atoms with Crippen LogP contribution in [0.1, 0.15) is 11.1 Å². The van der Waals surface area contributed by atoms with Crippen LogP contribution < -0.4 is 9.47 Å².